The van der Waals surface area contributed by atoms with Crippen molar-refractivity contribution in [2.45, 2.75) is 70.0 Å². The lowest BCUT2D eigenvalue weighted by atomic mass is 9.81. The molecule has 2 rings (SSSR count). The van der Waals surface area contributed by atoms with Crippen molar-refractivity contribution in [3.05, 3.63) is 0 Å². The highest BCUT2D eigenvalue weighted by Crippen LogP contribution is 2.43. The van der Waals surface area contributed by atoms with Crippen LogP contribution in [0.2, 0.25) is 0 Å². The van der Waals surface area contributed by atoms with E-state index in [2.05, 4.69) is 17.6 Å². The minimum absolute atomic E-state index is 0.377. The van der Waals surface area contributed by atoms with Gasteiger partial charge in [0.15, 0.2) is 0 Å². The molecule has 0 heterocycles. The van der Waals surface area contributed by atoms with E-state index in [-0.39, 0.29) is 0 Å². The Hall–Kier alpha value is 0.0969. The molecule has 0 radical (unpaired) electrons. The van der Waals surface area contributed by atoms with Crippen molar-refractivity contribution in [3.63, 3.8) is 0 Å². The minimum Gasteiger partial charge on any atom is -0.415 e. The molecule has 1 unspecified atom stereocenters. The summed E-state index contributed by atoms with van der Waals surface area (Å²) in [7, 11) is 0.818. The summed E-state index contributed by atoms with van der Waals surface area (Å²) >= 11 is 0. The van der Waals surface area contributed by atoms with Gasteiger partial charge in [0.05, 0.1) is 12.9 Å². The van der Waals surface area contributed by atoms with Crippen LogP contribution in [-0.4, -0.2) is 28.9 Å². The first-order valence-corrected chi connectivity index (χ1v) is 8.08. The van der Waals surface area contributed by atoms with E-state index in [0.29, 0.717) is 18.4 Å². The third-order valence-corrected chi connectivity index (χ3v) is 4.96. The Bertz CT molecular complexity index is 225. The summed E-state index contributed by atoms with van der Waals surface area (Å²) in [6.45, 7) is 2.93. The maximum absolute atomic E-state index is 5.22. The first-order chi connectivity index (χ1) is 8.27. The van der Waals surface area contributed by atoms with Crippen molar-refractivity contribution in [3.8, 4) is 0 Å². The highest BCUT2D eigenvalue weighted by molar-refractivity contribution is 5.97. The molecule has 0 bridgehead atoms. The standard InChI is InChI=1S/C13H28N2OSi/c1-11(14-10-16-17)15-13(8-4-5-9-13)12-6-2-3-7-12/h11-12,14-15H,2-10H2,1,17H3. The third kappa shape index (κ3) is 3.31. The quantitative estimate of drug-likeness (QED) is 0.555. The van der Waals surface area contributed by atoms with Gasteiger partial charge in [-0.05, 0) is 38.5 Å². The van der Waals surface area contributed by atoms with Crippen molar-refractivity contribution in [2.24, 2.45) is 5.92 Å². The molecule has 0 aromatic rings. The van der Waals surface area contributed by atoms with E-state index in [9.17, 15) is 0 Å². The highest BCUT2D eigenvalue weighted by atomic mass is 28.2. The second kappa shape index (κ2) is 6.32. The average Bonchev–Trinajstić information content (AvgIpc) is 2.96. The average molecular weight is 256 g/mol. The smallest absolute Gasteiger partial charge is 0.147 e. The number of hydrogen-bond acceptors (Lipinski definition) is 3. The first kappa shape index (κ1) is 13.5. The van der Waals surface area contributed by atoms with Crippen molar-refractivity contribution in [2.75, 3.05) is 6.73 Å². The second-order valence-corrected chi connectivity index (χ2v) is 6.43. The Labute approximate surface area is 109 Å². The third-order valence-electron chi connectivity index (χ3n) is 4.67. The molecule has 17 heavy (non-hydrogen) atoms. The Morgan fingerprint density at radius 2 is 1.88 bits per heavy atom. The first-order valence-electron chi connectivity index (χ1n) is 7.27. The molecule has 2 saturated carbocycles. The molecule has 0 aromatic heterocycles. The van der Waals surface area contributed by atoms with E-state index in [1.54, 1.807) is 0 Å². The maximum Gasteiger partial charge on any atom is 0.147 e. The largest absolute Gasteiger partial charge is 0.415 e. The molecule has 0 saturated heterocycles. The summed E-state index contributed by atoms with van der Waals surface area (Å²) in [5.74, 6) is 0.922. The van der Waals surface area contributed by atoms with Crippen LogP contribution >= 0.6 is 0 Å². The van der Waals surface area contributed by atoms with Crippen molar-refractivity contribution in [1.82, 2.24) is 10.6 Å². The normalized spacial score (nSPS) is 26.6. The molecule has 0 spiro atoms. The fourth-order valence-corrected chi connectivity index (χ4v) is 4.01. The van der Waals surface area contributed by atoms with E-state index in [0.717, 1.165) is 16.4 Å². The van der Waals surface area contributed by atoms with Crippen molar-refractivity contribution >= 4 is 10.5 Å². The molecule has 4 heteroatoms. The zero-order valence-corrected chi connectivity index (χ0v) is 13.4. The van der Waals surface area contributed by atoms with Gasteiger partial charge in [0, 0.05) is 5.54 Å². The molecule has 2 aliphatic rings. The molecule has 2 N–H and O–H groups in total. The summed E-state index contributed by atoms with van der Waals surface area (Å²) in [6.07, 6.45) is 11.7. The predicted molar refractivity (Wildman–Crippen MR) is 74.8 cm³/mol. The van der Waals surface area contributed by atoms with Crippen LogP contribution in [0.5, 0.6) is 0 Å². The monoisotopic (exact) mass is 256 g/mol. The topological polar surface area (TPSA) is 33.3 Å². The lowest BCUT2D eigenvalue weighted by Crippen LogP contribution is -2.56. The van der Waals surface area contributed by atoms with E-state index in [4.69, 9.17) is 4.43 Å². The summed E-state index contributed by atoms with van der Waals surface area (Å²) in [4.78, 5) is 0. The van der Waals surface area contributed by atoms with Crippen LogP contribution in [0.1, 0.15) is 58.3 Å². The van der Waals surface area contributed by atoms with Gasteiger partial charge in [0.1, 0.15) is 10.5 Å². The molecule has 3 nitrogen and oxygen atoms in total. The highest BCUT2D eigenvalue weighted by Gasteiger charge is 2.42. The number of hydrogen-bond donors (Lipinski definition) is 2. The molecular weight excluding hydrogens is 228 g/mol. The molecule has 2 aliphatic carbocycles. The molecule has 0 aliphatic heterocycles. The lowest BCUT2D eigenvalue weighted by molar-refractivity contribution is 0.167. The zero-order valence-electron chi connectivity index (χ0n) is 11.4. The summed E-state index contributed by atoms with van der Waals surface area (Å²) in [6, 6.07) is 0. The zero-order chi connectivity index (χ0) is 12.1. The molecule has 100 valence electrons. The van der Waals surface area contributed by atoms with Crippen molar-refractivity contribution in [1.29, 1.82) is 0 Å². The van der Waals surface area contributed by atoms with Gasteiger partial charge < -0.3 is 4.43 Å². The minimum atomic E-state index is 0.377. The Morgan fingerprint density at radius 1 is 1.24 bits per heavy atom. The predicted octanol–water partition coefficient (Wildman–Crippen LogP) is 1.27. The summed E-state index contributed by atoms with van der Waals surface area (Å²) in [5, 5.41) is 7.30. The summed E-state index contributed by atoms with van der Waals surface area (Å²) in [5.41, 5.74) is 0.439. The van der Waals surface area contributed by atoms with Gasteiger partial charge in [-0.3, -0.25) is 10.6 Å². The Morgan fingerprint density at radius 3 is 2.47 bits per heavy atom. The maximum atomic E-state index is 5.22. The Balaban J connectivity index is 1.91. The SMILES string of the molecule is CC(NCO[SiH3])NC1(C2CCCC2)CCCC1. The number of nitrogens with one attached hydrogen (secondary N) is 2. The van der Waals surface area contributed by atoms with E-state index < -0.39 is 0 Å². The molecule has 0 amide bonds. The van der Waals surface area contributed by atoms with Gasteiger partial charge in [-0.25, -0.2) is 0 Å². The van der Waals surface area contributed by atoms with Crippen LogP contribution in [-0.2, 0) is 4.43 Å². The van der Waals surface area contributed by atoms with Gasteiger partial charge in [-0.2, -0.15) is 0 Å². The van der Waals surface area contributed by atoms with E-state index >= 15 is 0 Å². The molecule has 0 aromatic carbocycles. The lowest BCUT2D eigenvalue weighted by Gasteiger charge is -2.39. The van der Waals surface area contributed by atoms with Crippen LogP contribution in [0.4, 0.5) is 0 Å². The van der Waals surface area contributed by atoms with Crippen LogP contribution in [0, 0.1) is 5.92 Å². The second-order valence-electron chi connectivity index (χ2n) is 5.85. The van der Waals surface area contributed by atoms with Crippen LogP contribution in [0.3, 0.4) is 0 Å². The summed E-state index contributed by atoms with van der Waals surface area (Å²) < 4.78 is 5.22. The van der Waals surface area contributed by atoms with Crippen LogP contribution in [0.25, 0.3) is 0 Å². The number of rotatable bonds is 6. The van der Waals surface area contributed by atoms with Crippen LogP contribution in [0.15, 0.2) is 0 Å². The van der Waals surface area contributed by atoms with Crippen molar-refractivity contribution < 1.29 is 4.43 Å². The van der Waals surface area contributed by atoms with Gasteiger partial charge in [0.25, 0.3) is 0 Å². The van der Waals surface area contributed by atoms with Gasteiger partial charge in [-0.1, -0.05) is 25.7 Å². The molecule has 2 fully saturated rings. The van der Waals surface area contributed by atoms with Crippen LogP contribution < -0.4 is 10.6 Å². The fraction of sp³-hybridized carbons (Fsp3) is 1.00. The van der Waals surface area contributed by atoms with E-state index in [1.165, 1.54) is 51.4 Å². The van der Waals surface area contributed by atoms with Gasteiger partial charge >= 0.3 is 0 Å². The van der Waals surface area contributed by atoms with E-state index in [1.807, 2.05) is 0 Å². The van der Waals surface area contributed by atoms with Gasteiger partial charge in [0.2, 0.25) is 0 Å². The molecular formula is C13H28N2OSi. The fourth-order valence-electron chi connectivity index (χ4n) is 3.85. The van der Waals surface area contributed by atoms with Gasteiger partial charge in [-0.15, -0.1) is 0 Å². The molecule has 1 atom stereocenters. The Kier molecular flexibility index (Phi) is 5.03.